The fraction of sp³-hybridized carbons (Fsp3) is 0.200. The monoisotopic (exact) mass is 259 g/mol. The summed E-state index contributed by atoms with van der Waals surface area (Å²) in [4.78, 5) is 0. The predicted octanol–water partition coefficient (Wildman–Crippen LogP) is 1.85. The molecule has 0 aromatic heterocycles. The van der Waals surface area contributed by atoms with E-state index in [4.69, 9.17) is 5.73 Å². The summed E-state index contributed by atoms with van der Waals surface area (Å²) in [5, 5.41) is 3.90. The Morgan fingerprint density at radius 3 is 2.82 bits per heavy atom. The molecule has 0 amide bonds. The maximum absolute atomic E-state index is 12.0. The van der Waals surface area contributed by atoms with Gasteiger partial charge in [-0.15, -0.1) is 0 Å². The zero-order chi connectivity index (χ0) is 12.8. The van der Waals surface area contributed by atoms with Crippen molar-refractivity contribution in [2.75, 3.05) is 0 Å². The normalized spacial score (nSPS) is 11.4. The number of rotatable bonds is 4. The number of thiocarbonyl (C=S) groups is 1. The highest BCUT2D eigenvalue weighted by Crippen LogP contribution is 2.16. The summed E-state index contributed by atoms with van der Waals surface area (Å²) in [5.41, 5.74) is 8.80. The topological polar surface area (TPSA) is 59.6 Å². The Morgan fingerprint density at radius 2 is 2.24 bits per heavy atom. The Hall–Kier alpha value is -1.76. The van der Waals surface area contributed by atoms with Gasteiger partial charge in [-0.05, 0) is 31.3 Å². The van der Waals surface area contributed by atoms with Gasteiger partial charge < -0.3 is 10.5 Å². The van der Waals surface area contributed by atoms with E-state index in [0.29, 0.717) is 11.3 Å². The van der Waals surface area contributed by atoms with Crippen molar-refractivity contribution in [2.45, 2.75) is 13.5 Å². The molecule has 1 aromatic rings. The number of ether oxygens (including phenoxy) is 1. The molecule has 3 N–H and O–H groups in total. The van der Waals surface area contributed by atoms with Gasteiger partial charge in [0.1, 0.15) is 5.75 Å². The quantitative estimate of drug-likeness (QED) is 0.492. The molecule has 0 atom stereocenters. The maximum atomic E-state index is 12.0. The van der Waals surface area contributed by atoms with E-state index in [0.717, 1.165) is 0 Å². The number of hydrogen-bond acceptors (Lipinski definition) is 3. The van der Waals surface area contributed by atoms with Crippen LogP contribution in [0, 0.1) is 0 Å². The summed E-state index contributed by atoms with van der Waals surface area (Å²) in [6.07, 6.45) is 0. The standard InChI is InChI=1S/C10H11F2N3OS/c1-6(14-15-10(13)17)7-3-2-4-8(5-7)16-9(11)12/h2-5,9H,1H3,(H3,13,15,17). The second kappa shape index (κ2) is 6.09. The molecule has 0 fully saturated rings. The van der Waals surface area contributed by atoms with Gasteiger partial charge in [-0.2, -0.15) is 13.9 Å². The zero-order valence-corrected chi connectivity index (χ0v) is 9.80. The van der Waals surface area contributed by atoms with Crippen molar-refractivity contribution in [1.82, 2.24) is 5.43 Å². The van der Waals surface area contributed by atoms with Crippen molar-refractivity contribution >= 4 is 23.0 Å². The molecular formula is C10H11F2N3OS. The molecule has 0 saturated carbocycles. The smallest absolute Gasteiger partial charge is 0.387 e. The second-order valence-corrected chi connectivity index (χ2v) is 3.52. The van der Waals surface area contributed by atoms with Gasteiger partial charge in [0.25, 0.3) is 0 Å². The van der Waals surface area contributed by atoms with Crippen LogP contribution < -0.4 is 15.9 Å². The highest BCUT2D eigenvalue weighted by Gasteiger charge is 2.05. The van der Waals surface area contributed by atoms with E-state index in [1.165, 1.54) is 12.1 Å². The molecule has 1 aromatic carbocycles. The molecule has 0 aliphatic rings. The first kappa shape index (κ1) is 13.3. The van der Waals surface area contributed by atoms with Gasteiger partial charge in [0.05, 0.1) is 5.71 Å². The highest BCUT2D eigenvalue weighted by atomic mass is 32.1. The third kappa shape index (κ3) is 4.73. The Morgan fingerprint density at radius 1 is 1.53 bits per heavy atom. The van der Waals surface area contributed by atoms with E-state index in [1.54, 1.807) is 19.1 Å². The Labute approximate surface area is 102 Å². The Kier molecular flexibility index (Phi) is 4.77. The van der Waals surface area contributed by atoms with Crippen LogP contribution >= 0.6 is 12.2 Å². The molecule has 4 nitrogen and oxygen atoms in total. The molecule has 0 aliphatic carbocycles. The molecular weight excluding hydrogens is 248 g/mol. The number of nitrogens with two attached hydrogens (primary N) is 1. The van der Waals surface area contributed by atoms with Crippen molar-refractivity contribution in [3.05, 3.63) is 29.8 Å². The summed E-state index contributed by atoms with van der Waals surface area (Å²) in [6.45, 7) is -1.16. The first-order valence-electron chi connectivity index (χ1n) is 4.64. The molecule has 0 radical (unpaired) electrons. The van der Waals surface area contributed by atoms with Gasteiger partial charge in [0, 0.05) is 5.56 Å². The van der Waals surface area contributed by atoms with Gasteiger partial charge in [-0.25, -0.2) is 0 Å². The van der Waals surface area contributed by atoms with Gasteiger partial charge in [0.15, 0.2) is 5.11 Å². The largest absolute Gasteiger partial charge is 0.435 e. The van der Waals surface area contributed by atoms with Crippen molar-refractivity contribution in [2.24, 2.45) is 10.8 Å². The predicted molar refractivity (Wildman–Crippen MR) is 65.2 cm³/mol. The number of nitrogens with one attached hydrogen (secondary N) is 1. The molecule has 17 heavy (non-hydrogen) atoms. The van der Waals surface area contributed by atoms with E-state index in [9.17, 15) is 8.78 Å². The van der Waals surface area contributed by atoms with E-state index >= 15 is 0 Å². The average Bonchev–Trinajstić information content (AvgIpc) is 2.25. The van der Waals surface area contributed by atoms with Gasteiger partial charge >= 0.3 is 6.61 Å². The molecule has 7 heteroatoms. The number of benzene rings is 1. The molecule has 0 unspecified atom stereocenters. The lowest BCUT2D eigenvalue weighted by Crippen LogP contribution is -2.25. The third-order valence-electron chi connectivity index (χ3n) is 1.81. The third-order valence-corrected chi connectivity index (χ3v) is 1.90. The van der Waals surface area contributed by atoms with Crippen LogP contribution in [0.4, 0.5) is 8.78 Å². The molecule has 0 heterocycles. The number of nitrogens with zero attached hydrogens (tertiary/aromatic N) is 1. The minimum atomic E-state index is -2.85. The second-order valence-electron chi connectivity index (χ2n) is 3.08. The van der Waals surface area contributed by atoms with Crippen LogP contribution in [-0.2, 0) is 0 Å². The Bertz CT molecular complexity index is 437. The molecule has 1 rings (SSSR count). The maximum Gasteiger partial charge on any atom is 0.387 e. The van der Waals surface area contributed by atoms with Crippen molar-refractivity contribution in [3.63, 3.8) is 0 Å². The fourth-order valence-electron chi connectivity index (χ4n) is 1.10. The van der Waals surface area contributed by atoms with E-state index in [-0.39, 0.29) is 10.9 Å². The number of hydrogen-bond donors (Lipinski definition) is 2. The zero-order valence-electron chi connectivity index (χ0n) is 8.98. The van der Waals surface area contributed by atoms with Gasteiger partial charge in [0.2, 0.25) is 0 Å². The first-order chi connectivity index (χ1) is 7.99. The lowest BCUT2D eigenvalue weighted by Gasteiger charge is -2.06. The summed E-state index contributed by atoms with van der Waals surface area (Å²) >= 11 is 4.58. The number of hydrazone groups is 1. The lowest BCUT2D eigenvalue weighted by molar-refractivity contribution is -0.0498. The summed E-state index contributed by atoms with van der Waals surface area (Å²) in [5.74, 6) is 0.0716. The van der Waals surface area contributed by atoms with Crippen LogP contribution in [0.3, 0.4) is 0 Å². The number of alkyl halides is 2. The van der Waals surface area contributed by atoms with Crippen molar-refractivity contribution < 1.29 is 13.5 Å². The van der Waals surface area contributed by atoms with Crippen LogP contribution in [0.2, 0.25) is 0 Å². The fourth-order valence-corrected chi connectivity index (χ4v) is 1.15. The van der Waals surface area contributed by atoms with Crippen LogP contribution in [0.15, 0.2) is 29.4 Å². The summed E-state index contributed by atoms with van der Waals surface area (Å²) in [7, 11) is 0. The summed E-state index contributed by atoms with van der Waals surface area (Å²) in [6, 6.07) is 6.18. The minimum Gasteiger partial charge on any atom is -0.435 e. The van der Waals surface area contributed by atoms with E-state index in [2.05, 4.69) is 27.5 Å². The van der Waals surface area contributed by atoms with Crippen LogP contribution in [0.5, 0.6) is 5.75 Å². The average molecular weight is 259 g/mol. The SMILES string of the molecule is CC(=NNC(N)=S)c1cccc(OC(F)F)c1. The Balaban J connectivity index is 2.83. The molecule has 92 valence electrons. The van der Waals surface area contributed by atoms with Crippen LogP contribution in [0.25, 0.3) is 0 Å². The molecule has 0 saturated heterocycles. The van der Waals surface area contributed by atoms with Gasteiger partial charge in [-0.3, -0.25) is 5.43 Å². The number of halogens is 2. The van der Waals surface area contributed by atoms with E-state index < -0.39 is 6.61 Å². The van der Waals surface area contributed by atoms with Crippen molar-refractivity contribution in [3.8, 4) is 5.75 Å². The van der Waals surface area contributed by atoms with Gasteiger partial charge in [-0.1, -0.05) is 12.1 Å². The molecule has 0 spiro atoms. The van der Waals surface area contributed by atoms with Crippen molar-refractivity contribution in [1.29, 1.82) is 0 Å². The molecule has 0 bridgehead atoms. The van der Waals surface area contributed by atoms with Crippen LogP contribution in [0.1, 0.15) is 12.5 Å². The highest BCUT2D eigenvalue weighted by molar-refractivity contribution is 7.80. The van der Waals surface area contributed by atoms with Crippen LogP contribution in [-0.4, -0.2) is 17.4 Å². The minimum absolute atomic E-state index is 0.0318. The first-order valence-corrected chi connectivity index (χ1v) is 5.05. The lowest BCUT2D eigenvalue weighted by atomic mass is 10.1. The van der Waals surface area contributed by atoms with E-state index in [1.807, 2.05) is 0 Å². The molecule has 0 aliphatic heterocycles. The summed E-state index contributed by atoms with van der Waals surface area (Å²) < 4.78 is 28.3.